The van der Waals surface area contributed by atoms with Gasteiger partial charge in [0, 0.05) is 18.0 Å². The van der Waals surface area contributed by atoms with Crippen molar-refractivity contribution >= 4 is 11.7 Å². The second kappa shape index (κ2) is 4.39. The van der Waals surface area contributed by atoms with E-state index in [1.165, 1.54) is 11.1 Å². The smallest absolute Gasteiger partial charge is 0.144 e. The zero-order valence-corrected chi connectivity index (χ0v) is 11.2. The Morgan fingerprint density at radius 3 is 2.74 bits per heavy atom. The van der Waals surface area contributed by atoms with Gasteiger partial charge in [0.05, 0.1) is 5.69 Å². The molecule has 2 aromatic heterocycles. The van der Waals surface area contributed by atoms with Crippen LogP contribution in [-0.2, 0) is 0 Å². The van der Waals surface area contributed by atoms with Gasteiger partial charge in [-0.15, -0.1) is 0 Å². The standard InChI is InChI=1S/C17H16N2/c1-4-14-9-16(15-7-5-6-12(2)8-15)17-18-13(3)10-19(17)11-14/h4-11H,1H2,2-3H3. The van der Waals surface area contributed by atoms with Gasteiger partial charge >= 0.3 is 0 Å². The van der Waals surface area contributed by atoms with Crippen LogP contribution >= 0.6 is 0 Å². The molecule has 0 aliphatic carbocycles. The first-order chi connectivity index (χ1) is 9.17. The fraction of sp³-hybridized carbons (Fsp3) is 0.118. The van der Waals surface area contributed by atoms with Gasteiger partial charge in [-0.05, 0) is 31.0 Å². The summed E-state index contributed by atoms with van der Waals surface area (Å²) in [5, 5.41) is 0. The minimum absolute atomic E-state index is 0.994. The van der Waals surface area contributed by atoms with E-state index in [0.29, 0.717) is 0 Å². The average Bonchev–Trinajstić information content (AvgIpc) is 2.77. The maximum atomic E-state index is 4.62. The van der Waals surface area contributed by atoms with Crippen LogP contribution < -0.4 is 0 Å². The molecular formula is C17H16N2. The lowest BCUT2D eigenvalue weighted by Gasteiger charge is -2.07. The zero-order valence-electron chi connectivity index (χ0n) is 11.2. The Balaban J connectivity index is 2.35. The minimum atomic E-state index is 0.994. The van der Waals surface area contributed by atoms with Gasteiger partial charge in [0.15, 0.2) is 0 Å². The lowest BCUT2D eigenvalue weighted by atomic mass is 10.0. The largest absolute Gasteiger partial charge is 0.306 e. The van der Waals surface area contributed by atoms with Crippen molar-refractivity contribution in [3.05, 3.63) is 66.1 Å². The number of hydrogen-bond acceptors (Lipinski definition) is 1. The fourth-order valence-electron chi connectivity index (χ4n) is 2.38. The van der Waals surface area contributed by atoms with Crippen LogP contribution in [0.4, 0.5) is 0 Å². The summed E-state index contributed by atoms with van der Waals surface area (Å²) in [6.07, 6.45) is 5.97. The monoisotopic (exact) mass is 248 g/mol. The number of fused-ring (bicyclic) bond motifs is 1. The summed E-state index contributed by atoms with van der Waals surface area (Å²) in [6.45, 7) is 7.98. The van der Waals surface area contributed by atoms with Gasteiger partial charge in [0.1, 0.15) is 5.65 Å². The molecule has 0 fully saturated rings. The van der Waals surface area contributed by atoms with Crippen molar-refractivity contribution < 1.29 is 0 Å². The molecular weight excluding hydrogens is 232 g/mol. The Kier molecular flexibility index (Phi) is 2.71. The van der Waals surface area contributed by atoms with E-state index in [2.05, 4.69) is 59.4 Å². The van der Waals surface area contributed by atoms with E-state index in [-0.39, 0.29) is 0 Å². The Morgan fingerprint density at radius 2 is 2.00 bits per heavy atom. The molecule has 0 bridgehead atoms. The number of aromatic nitrogens is 2. The van der Waals surface area contributed by atoms with Crippen molar-refractivity contribution in [2.75, 3.05) is 0 Å². The number of benzene rings is 1. The Hall–Kier alpha value is -2.35. The summed E-state index contributed by atoms with van der Waals surface area (Å²) in [5.74, 6) is 0. The van der Waals surface area contributed by atoms with Crippen LogP contribution in [0.3, 0.4) is 0 Å². The summed E-state index contributed by atoms with van der Waals surface area (Å²) < 4.78 is 2.07. The van der Waals surface area contributed by atoms with E-state index in [9.17, 15) is 0 Å². The number of aryl methyl sites for hydroxylation is 2. The first-order valence-electron chi connectivity index (χ1n) is 6.36. The summed E-state index contributed by atoms with van der Waals surface area (Å²) in [5.41, 5.74) is 6.71. The van der Waals surface area contributed by atoms with Gasteiger partial charge in [0.25, 0.3) is 0 Å². The number of rotatable bonds is 2. The first-order valence-corrected chi connectivity index (χ1v) is 6.36. The fourth-order valence-corrected chi connectivity index (χ4v) is 2.38. The molecule has 0 radical (unpaired) electrons. The predicted molar refractivity (Wildman–Crippen MR) is 80.2 cm³/mol. The third-order valence-electron chi connectivity index (χ3n) is 3.26. The van der Waals surface area contributed by atoms with Gasteiger partial charge in [-0.1, -0.05) is 42.5 Å². The van der Waals surface area contributed by atoms with Crippen LogP contribution in [0.1, 0.15) is 16.8 Å². The second-order valence-electron chi connectivity index (χ2n) is 4.87. The van der Waals surface area contributed by atoms with Crippen molar-refractivity contribution in [1.82, 2.24) is 9.38 Å². The molecule has 19 heavy (non-hydrogen) atoms. The molecule has 0 unspecified atom stereocenters. The molecule has 0 spiro atoms. The quantitative estimate of drug-likeness (QED) is 0.662. The van der Waals surface area contributed by atoms with E-state index in [0.717, 1.165) is 22.5 Å². The third-order valence-corrected chi connectivity index (χ3v) is 3.26. The predicted octanol–water partition coefficient (Wildman–Crippen LogP) is 4.26. The van der Waals surface area contributed by atoms with Crippen molar-refractivity contribution in [2.24, 2.45) is 0 Å². The molecule has 0 amide bonds. The molecule has 0 saturated heterocycles. The Morgan fingerprint density at radius 1 is 1.16 bits per heavy atom. The molecule has 94 valence electrons. The number of nitrogens with zero attached hydrogens (tertiary/aromatic N) is 2. The maximum absolute atomic E-state index is 4.62. The average molecular weight is 248 g/mol. The third kappa shape index (κ3) is 2.06. The van der Waals surface area contributed by atoms with E-state index in [1.807, 2.05) is 19.2 Å². The van der Waals surface area contributed by atoms with Gasteiger partial charge in [-0.2, -0.15) is 0 Å². The van der Waals surface area contributed by atoms with Gasteiger partial charge in [-0.3, -0.25) is 0 Å². The summed E-state index contributed by atoms with van der Waals surface area (Å²) in [6, 6.07) is 10.6. The highest BCUT2D eigenvalue weighted by atomic mass is 15.0. The Bertz CT molecular complexity index is 766. The van der Waals surface area contributed by atoms with Crippen molar-refractivity contribution in [3.63, 3.8) is 0 Å². The van der Waals surface area contributed by atoms with Gasteiger partial charge < -0.3 is 4.40 Å². The molecule has 0 saturated carbocycles. The van der Waals surface area contributed by atoms with Crippen LogP contribution in [0.2, 0.25) is 0 Å². The number of hydrogen-bond donors (Lipinski definition) is 0. The van der Waals surface area contributed by atoms with Crippen molar-refractivity contribution in [2.45, 2.75) is 13.8 Å². The van der Waals surface area contributed by atoms with Crippen molar-refractivity contribution in [1.29, 1.82) is 0 Å². The van der Waals surface area contributed by atoms with Crippen molar-refractivity contribution in [3.8, 4) is 11.1 Å². The molecule has 3 aromatic rings. The maximum Gasteiger partial charge on any atom is 0.144 e. The molecule has 2 heterocycles. The molecule has 2 nitrogen and oxygen atoms in total. The molecule has 0 N–H and O–H groups in total. The topological polar surface area (TPSA) is 17.3 Å². The molecule has 0 atom stereocenters. The van der Waals surface area contributed by atoms with E-state index < -0.39 is 0 Å². The molecule has 0 aliphatic heterocycles. The highest BCUT2D eigenvalue weighted by molar-refractivity contribution is 5.80. The Labute approximate surface area is 113 Å². The van der Waals surface area contributed by atoms with Crippen LogP contribution in [0.5, 0.6) is 0 Å². The highest BCUT2D eigenvalue weighted by Gasteiger charge is 2.08. The highest BCUT2D eigenvalue weighted by Crippen LogP contribution is 2.26. The molecule has 0 aliphatic rings. The van der Waals surface area contributed by atoms with E-state index in [1.54, 1.807) is 0 Å². The summed E-state index contributed by atoms with van der Waals surface area (Å²) in [4.78, 5) is 4.62. The normalized spacial score (nSPS) is 10.8. The number of pyridine rings is 1. The second-order valence-corrected chi connectivity index (χ2v) is 4.87. The van der Waals surface area contributed by atoms with Crippen LogP contribution in [0.15, 0.2) is 49.3 Å². The van der Waals surface area contributed by atoms with Gasteiger partial charge in [0.2, 0.25) is 0 Å². The van der Waals surface area contributed by atoms with E-state index >= 15 is 0 Å². The van der Waals surface area contributed by atoms with E-state index in [4.69, 9.17) is 0 Å². The summed E-state index contributed by atoms with van der Waals surface area (Å²) >= 11 is 0. The lowest BCUT2D eigenvalue weighted by Crippen LogP contribution is -1.90. The molecule has 2 heteroatoms. The van der Waals surface area contributed by atoms with Crippen LogP contribution in [-0.4, -0.2) is 9.38 Å². The zero-order chi connectivity index (χ0) is 13.4. The first kappa shape index (κ1) is 11.7. The molecule has 3 rings (SSSR count). The van der Waals surface area contributed by atoms with Crippen LogP contribution in [0, 0.1) is 13.8 Å². The van der Waals surface area contributed by atoms with Crippen LogP contribution in [0.25, 0.3) is 22.9 Å². The lowest BCUT2D eigenvalue weighted by molar-refractivity contribution is 1.18. The number of imidazole rings is 1. The SMILES string of the molecule is C=Cc1cc(-c2cccc(C)c2)c2nc(C)cn2c1. The molecule has 1 aromatic carbocycles. The minimum Gasteiger partial charge on any atom is -0.306 e. The summed E-state index contributed by atoms with van der Waals surface area (Å²) in [7, 11) is 0. The van der Waals surface area contributed by atoms with Gasteiger partial charge in [-0.25, -0.2) is 4.98 Å².